The zero-order chi connectivity index (χ0) is 14.5. The van der Waals surface area contributed by atoms with Crippen LogP contribution in [0.15, 0.2) is 36.5 Å². The maximum absolute atomic E-state index is 12.0. The van der Waals surface area contributed by atoms with Crippen LogP contribution in [-0.4, -0.2) is 23.1 Å². The molecule has 0 radical (unpaired) electrons. The van der Waals surface area contributed by atoms with Gasteiger partial charge in [-0.2, -0.15) is 0 Å². The molecule has 0 aliphatic rings. The summed E-state index contributed by atoms with van der Waals surface area (Å²) in [7, 11) is 1.45. The van der Waals surface area contributed by atoms with Crippen molar-refractivity contribution in [3.05, 3.63) is 47.7 Å². The van der Waals surface area contributed by atoms with Crippen LogP contribution < -0.4 is 15.8 Å². The molecular weight excluding hydrogens is 258 g/mol. The monoisotopic (exact) mass is 273 g/mol. The number of anilines is 1. The number of aromatic nitrogens is 1. The predicted molar refractivity (Wildman–Crippen MR) is 74.5 cm³/mol. The second kappa shape index (κ2) is 5.92. The molecule has 0 saturated carbocycles. The van der Waals surface area contributed by atoms with Crippen LogP contribution in [0.2, 0.25) is 0 Å². The van der Waals surface area contributed by atoms with Crippen molar-refractivity contribution in [2.24, 2.45) is 0 Å². The summed E-state index contributed by atoms with van der Waals surface area (Å²) in [6, 6.07) is 7.94. The van der Waals surface area contributed by atoms with Gasteiger partial charge in [-0.1, -0.05) is 0 Å². The number of phenolic OH excluding ortho intramolecular Hbond substituents is 1. The van der Waals surface area contributed by atoms with E-state index in [1.54, 1.807) is 30.5 Å². The van der Waals surface area contributed by atoms with E-state index in [-0.39, 0.29) is 24.1 Å². The second-order valence-electron chi connectivity index (χ2n) is 4.13. The molecule has 0 spiro atoms. The summed E-state index contributed by atoms with van der Waals surface area (Å²) in [5, 5.41) is 12.4. The molecule has 104 valence electrons. The van der Waals surface area contributed by atoms with Gasteiger partial charge in [0, 0.05) is 24.0 Å². The van der Waals surface area contributed by atoms with E-state index in [4.69, 9.17) is 10.5 Å². The molecule has 0 fully saturated rings. The van der Waals surface area contributed by atoms with Gasteiger partial charge in [-0.05, 0) is 30.3 Å². The summed E-state index contributed by atoms with van der Waals surface area (Å²) < 4.78 is 5.02. The van der Waals surface area contributed by atoms with Crippen molar-refractivity contribution in [2.75, 3.05) is 12.8 Å². The number of amides is 1. The minimum atomic E-state index is -0.336. The van der Waals surface area contributed by atoms with Crippen LogP contribution in [0.5, 0.6) is 11.6 Å². The van der Waals surface area contributed by atoms with Gasteiger partial charge in [0.25, 0.3) is 5.91 Å². The van der Waals surface area contributed by atoms with E-state index >= 15 is 0 Å². The Morgan fingerprint density at radius 3 is 3.00 bits per heavy atom. The standard InChI is InChI=1S/C14H15N3O3/c1-20-14-11(3-2-6-16-14)13(19)17-8-9-7-10(15)4-5-12(9)18/h2-7,18H,8,15H2,1H3,(H,17,19). The highest BCUT2D eigenvalue weighted by Crippen LogP contribution is 2.20. The normalized spacial score (nSPS) is 10.1. The minimum Gasteiger partial charge on any atom is -0.508 e. The minimum absolute atomic E-state index is 0.0812. The van der Waals surface area contributed by atoms with E-state index in [1.165, 1.54) is 13.2 Å². The van der Waals surface area contributed by atoms with Crippen molar-refractivity contribution < 1.29 is 14.6 Å². The Morgan fingerprint density at radius 1 is 1.45 bits per heavy atom. The molecule has 0 saturated heterocycles. The van der Waals surface area contributed by atoms with Crippen molar-refractivity contribution in [1.82, 2.24) is 10.3 Å². The van der Waals surface area contributed by atoms with Gasteiger partial charge in [0.2, 0.25) is 5.88 Å². The van der Waals surface area contributed by atoms with Crippen LogP contribution in [0.25, 0.3) is 0 Å². The first-order valence-corrected chi connectivity index (χ1v) is 5.96. The van der Waals surface area contributed by atoms with E-state index in [2.05, 4.69) is 10.3 Å². The predicted octanol–water partition coefficient (Wildman–Crippen LogP) is 1.31. The molecule has 2 rings (SSSR count). The van der Waals surface area contributed by atoms with Gasteiger partial charge in [-0.25, -0.2) is 4.98 Å². The number of rotatable bonds is 4. The lowest BCUT2D eigenvalue weighted by Gasteiger charge is -2.09. The number of nitrogens with zero attached hydrogens (tertiary/aromatic N) is 1. The zero-order valence-corrected chi connectivity index (χ0v) is 11.0. The first kappa shape index (κ1) is 13.7. The number of hydrogen-bond donors (Lipinski definition) is 3. The molecule has 4 N–H and O–H groups in total. The highest BCUT2D eigenvalue weighted by atomic mass is 16.5. The van der Waals surface area contributed by atoms with Crippen LogP contribution in [0.1, 0.15) is 15.9 Å². The Balaban J connectivity index is 2.11. The van der Waals surface area contributed by atoms with Crippen molar-refractivity contribution in [2.45, 2.75) is 6.54 Å². The molecule has 0 aliphatic carbocycles. The first-order chi connectivity index (χ1) is 9.61. The van der Waals surface area contributed by atoms with E-state index < -0.39 is 0 Å². The maximum Gasteiger partial charge on any atom is 0.257 e. The average molecular weight is 273 g/mol. The van der Waals surface area contributed by atoms with Gasteiger partial charge >= 0.3 is 0 Å². The summed E-state index contributed by atoms with van der Waals surface area (Å²) in [6.45, 7) is 0.160. The van der Waals surface area contributed by atoms with Crippen LogP contribution in [0, 0.1) is 0 Å². The lowest BCUT2D eigenvalue weighted by molar-refractivity contribution is 0.0947. The number of pyridine rings is 1. The number of aromatic hydroxyl groups is 1. The molecule has 1 heterocycles. The molecule has 6 heteroatoms. The third-order valence-corrected chi connectivity index (χ3v) is 2.75. The maximum atomic E-state index is 12.0. The number of nitrogens with one attached hydrogen (secondary N) is 1. The van der Waals surface area contributed by atoms with Crippen LogP contribution >= 0.6 is 0 Å². The first-order valence-electron chi connectivity index (χ1n) is 5.96. The largest absolute Gasteiger partial charge is 0.508 e. The molecule has 1 aromatic carbocycles. The topological polar surface area (TPSA) is 97.5 Å². The molecule has 0 unspecified atom stereocenters. The number of nitrogens with two attached hydrogens (primary N) is 1. The average Bonchev–Trinajstić information content (AvgIpc) is 2.47. The third kappa shape index (κ3) is 2.97. The molecule has 0 atom stereocenters. The summed E-state index contributed by atoms with van der Waals surface area (Å²) in [5.41, 5.74) is 7.03. The molecular formula is C14H15N3O3. The van der Waals surface area contributed by atoms with Crippen LogP contribution in [-0.2, 0) is 6.54 Å². The number of nitrogen functional groups attached to an aromatic ring is 1. The molecule has 1 aromatic heterocycles. The smallest absolute Gasteiger partial charge is 0.257 e. The lowest BCUT2D eigenvalue weighted by Crippen LogP contribution is -2.23. The quantitative estimate of drug-likeness (QED) is 0.576. The van der Waals surface area contributed by atoms with Gasteiger partial charge in [0.1, 0.15) is 11.3 Å². The van der Waals surface area contributed by atoms with Crippen molar-refractivity contribution >= 4 is 11.6 Å². The SMILES string of the molecule is COc1ncccc1C(=O)NCc1cc(N)ccc1O. The Morgan fingerprint density at radius 2 is 2.25 bits per heavy atom. The van der Waals surface area contributed by atoms with E-state index in [0.29, 0.717) is 16.8 Å². The molecule has 0 aliphatic heterocycles. The summed E-state index contributed by atoms with van der Waals surface area (Å²) >= 11 is 0. The molecule has 6 nitrogen and oxygen atoms in total. The fourth-order valence-electron chi connectivity index (χ4n) is 1.74. The Hall–Kier alpha value is -2.76. The Bertz CT molecular complexity index is 629. The van der Waals surface area contributed by atoms with Gasteiger partial charge in [0.15, 0.2) is 0 Å². The van der Waals surface area contributed by atoms with E-state index in [9.17, 15) is 9.90 Å². The zero-order valence-electron chi connectivity index (χ0n) is 11.0. The molecule has 20 heavy (non-hydrogen) atoms. The summed E-state index contributed by atoms with van der Waals surface area (Å²) in [4.78, 5) is 16.0. The number of methoxy groups -OCH3 is 1. The molecule has 0 bridgehead atoms. The number of hydrogen-bond acceptors (Lipinski definition) is 5. The van der Waals surface area contributed by atoms with Gasteiger partial charge in [-0.3, -0.25) is 4.79 Å². The summed E-state index contributed by atoms with van der Waals surface area (Å²) in [6.07, 6.45) is 1.54. The fraction of sp³-hybridized carbons (Fsp3) is 0.143. The number of ether oxygens (including phenoxy) is 1. The highest BCUT2D eigenvalue weighted by Gasteiger charge is 2.13. The molecule has 2 aromatic rings. The van der Waals surface area contributed by atoms with Gasteiger partial charge in [0.05, 0.1) is 7.11 Å². The van der Waals surface area contributed by atoms with E-state index in [0.717, 1.165) is 0 Å². The summed E-state index contributed by atoms with van der Waals surface area (Å²) in [5.74, 6) is -0.00350. The number of benzene rings is 1. The number of carbonyl (C=O) groups is 1. The third-order valence-electron chi connectivity index (χ3n) is 2.75. The molecule has 1 amide bonds. The van der Waals surface area contributed by atoms with Gasteiger partial charge < -0.3 is 20.9 Å². The van der Waals surface area contributed by atoms with Crippen LogP contribution in [0.4, 0.5) is 5.69 Å². The van der Waals surface area contributed by atoms with Crippen molar-refractivity contribution in [3.8, 4) is 11.6 Å². The lowest BCUT2D eigenvalue weighted by atomic mass is 10.1. The fourth-order valence-corrected chi connectivity index (χ4v) is 1.74. The Labute approximate surface area is 116 Å². The number of carbonyl (C=O) groups excluding carboxylic acids is 1. The number of phenols is 1. The Kier molecular flexibility index (Phi) is 4.05. The van der Waals surface area contributed by atoms with Gasteiger partial charge in [-0.15, -0.1) is 0 Å². The van der Waals surface area contributed by atoms with Crippen LogP contribution in [0.3, 0.4) is 0 Å². The van der Waals surface area contributed by atoms with E-state index in [1.807, 2.05) is 0 Å². The highest BCUT2D eigenvalue weighted by molar-refractivity contribution is 5.96. The second-order valence-corrected chi connectivity index (χ2v) is 4.13. The van der Waals surface area contributed by atoms with Crippen molar-refractivity contribution in [3.63, 3.8) is 0 Å². The van der Waals surface area contributed by atoms with Crippen molar-refractivity contribution in [1.29, 1.82) is 0 Å².